The molecule has 0 atom stereocenters. The molecule has 0 saturated heterocycles. The van der Waals surface area contributed by atoms with E-state index in [1.54, 1.807) is 7.11 Å². The summed E-state index contributed by atoms with van der Waals surface area (Å²) in [4.78, 5) is 11.4. The molecule has 1 aromatic rings. The van der Waals surface area contributed by atoms with Crippen molar-refractivity contribution in [1.29, 1.82) is 0 Å². The van der Waals surface area contributed by atoms with E-state index in [1.807, 2.05) is 26.0 Å². The lowest BCUT2D eigenvalue weighted by molar-refractivity contribution is 0.193. The number of hydrogen-bond donors (Lipinski definition) is 2. The second-order valence-corrected chi connectivity index (χ2v) is 4.65. The average Bonchev–Trinajstić information content (AvgIpc) is 2.41. The van der Waals surface area contributed by atoms with Crippen molar-refractivity contribution in [2.24, 2.45) is 0 Å². The molecule has 20 heavy (non-hydrogen) atoms. The fraction of sp³-hybridized carbons (Fsp3) is 0.533. The van der Waals surface area contributed by atoms with E-state index in [9.17, 15) is 4.79 Å². The highest BCUT2D eigenvalue weighted by Crippen LogP contribution is 2.18. The zero-order valence-electron chi connectivity index (χ0n) is 12.5. The number of carbonyl (C=O) groups is 1. The Hall–Kier alpha value is -1.75. The minimum atomic E-state index is -0.176. The molecule has 5 heteroatoms. The summed E-state index contributed by atoms with van der Waals surface area (Å²) in [5.41, 5.74) is 2.32. The van der Waals surface area contributed by atoms with Crippen molar-refractivity contribution in [2.75, 3.05) is 33.4 Å². The topological polar surface area (TPSA) is 59.6 Å². The summed E-state index contributed by atoms with van der Waals surface area (Å²) in [5.74, 6) is 0.859. The fourth-order valence-corrected chi connectivity index (χ4v) is 1.77. The number of carbonyl (C=O) groups excluding carboxylic acids is 1. The highest BCUT2D eigenvalue weighted by molar-refractivity contribution is 5.73. The minimum absolute atomic E-state index is 0.176. The summed E-state index contributed by atoms with van der Waals surface area (Å²) < 4.78 is 10.5. The number of benzene rings is 1. The number of methoxy groups -OCH3 is 1. The predicted octanol–water partition coefficient (Wildman–Crippen LogP) is 2.02. The van der Waals surface area contributed by atoms with Crippen molar-refractivity contribution in [3.8, 4) is 5.75 Å². The van der Waals surface area contributed by atoms with Gasteiger partial charge in [-0.15, -0.1) is 0 Å². The van der Waals surface area contributed by atoms with Gasteiger partial charge in [-0.3, -0.25) is 0 Å². The molecule has 0 aromatic heterocycles. The second kappa shape index (κ2) is 9.20. The number of urea groups is 1. The molecule has 5 nitrogen and oxygen atoms in total. The molecule has 0 heterocycles. The van der Waals surface area contributed by atoms with E-state index < -0.39 is 0 Å². The first kappa shape index (κ1) is 16.3. The SMILES string of the molecule is COCCCNC(=O)NCCOc1ccc(C)cc1C. The van der Waals surface area contributed by atoms with Crippen molar-refractivity contribution < 1.29 is 14.3 Å². The van der Waals surface area contributed by atoms with Gasteiger partial charge in [0.25, 0.3) is 0 Å². The Morgan fingerprint density at radius 2 is 1.90 bits per heavy atom. The Morgan fingerprint density at radius 3 is 2.60 bits per heavy atom. The van der Waals surface area contributed by atoms with Crippen LogP contribution < -0.4 is 15.4 Å². The van der Waals surface area contributed by atoms with Gasteiger partial charge in [0.1, 0.15) is 12.4 Å². The first-order chi connectivity index (χ1) is 9.63. The Bertz CT molecular complexity index is 422. The summed E-state index contributed by atoms with van der Waals surface area (Å²) >= 11 is 0. The van der Waals surface area contributed by atoms with Gasteiger partial charge >= 0.3 is 6.03 Å². The van der Waals surface area contributed by atoms with Gasteiger partial charge in [0.15, 0.2) is 0 Å². The molecule has 0 spiro atoms. The third kappa shape index (κ3) is 6.43. The number of ether oxygens (including phenoxy) is 2. The van der Waals surface area contributed by atoms with Gasteiger partial charge in [-0.05, 0) is 31.9 Å². The van der Waals surface area contributed by atoms with E-state index >= 15 is 0 Å². The van der Waals surface area contributed by atoms with Crippen molar-refractivity contribution in [2.45, 2.75) is 20.3 Å². The Balaban J connectivity index is 2.13. The van der Waals surface area contributed by atoms with Crippen LogP contribution in [0, 0.1) is 13.8 Å². The van der Waals surface area contributed by atoms with Crippen LogP contribution in [0.5, 0.6) is 5.75 Å². The van der Waals surface area contributed by atoms with Crippen LogP contribution in [0.1, 0.15) is 17.5 Å². The van der Waals surface area contributed by atoms with E-state index in [0.29, 0.717) is 26.3 Å². The molecule has 0 radical (unpaired) electrons. The summed E-state index contributed by atoms with van der Waals surface area (Å²) in [6.45, 7) is 6.25. The van der Waals surface area contributed by atoms with Crippen molar-refractivity contribution >= 4 is 6.03 Å². The maximum Gasteiger partial charge on any atom is 0.314 e. The molecule has 1 aromatic carbocycles. The predicted molar refractivity (Wildman–Crippen MR) is 79.3 cm³/mol. The number of amides is 2. The van der Waals surface area contributed by atoms with Crippen LogP contribution in [0.3, 0.4) is 0 Å². The number of rotatable bonds is 8. The zero-order chi connectivity index (χ0) is 14.8. The maximum atomic E-state index is 11.4. The van der Waals surface area contributed by atoms with Crippen LogP contribution in [0.2, 0.25) is 0 Å². The average molecular weight is 280 g/mol. The minimum Gasteiger partial charge on any atom is -0.491 e. The van der Waals surface area contributed by atoms with Crippen LogP contribution in [-0.4, -0.2) is 39.4 Å². The lowest BCUT2D eigenvalue weighted by Gasteiger charge is -2.11. The summed E-state index contributed by atoms with van der Waals surface area (Å²) in [5, 5.41) is 5.49. The van der Waals surface area contributed by atoms with Gasteiger partial charge < -0.3 is 20.1 Å². The Kier molecular flexibility index (Phi) is 7.50. The highest BCUT2D eigenvalue weighted by atomic mass is 16.5. The summed E-state index contributed by atoms with van der Waals surface area (Å²) in [6, 6.07) is 5.87. The molecule has 0 aliphatic carbocycles. The van der Waals surface area contributed by atoms with Gasteiger partial charge in [-0.25, -0.2) is 4.79 Å². The van der Waals surface area contributed by atoms with Gasteiger partial charge in [0.2, 0.25) is 0 Å². The number of aryl methyl sites for hydroxylation is 2. The normalized spacial score (nSPS) is 10.2. The molecule has 0 aliphatic rings. The van der Waals surface area contributed by atoms with Gasteiger partial charge in [-0.1, -0.05) is 17.7 Å². The molecule has 112 valence electrons. The number of nitrogens with one attached hydrogen (secondary N) is 2. The largest absolute Gasteiger partial charge is 0.491 e. The monoisotopic (exact) mass is 280 g/mol. The van der Waals surface area contributed by atoms with E-state index in [4.69, 9.17) is 9.47 Å². The van der Waals surface area contributed by atoms with Crippen LogP contribution in [0.15, 0.2) is 18.2 Å². The summed E-state index contributed by atoms with van der Waals surface area (Å²) in [6.07, 6.45) is 0.809. The molecular weight excluding hydrogens is 256 g/mol. The van der Waals surface area contributed by atoms with Crippen LogP contribution >= 0.6 is 0 Å². The van der Waals surface area contributed by atoms with Crippen LogP contribution in [0.4, 0.5) is 4.79 Å². The van der Waals surface area contributed by atoms with Crippen molar-refractivity contribution in [3.05, 3.63) is 29.3 Å². The van der Waals surface area contributed by atoms with Crippen molar-refractivity contribution in [1.82, 2.24) is 10.6 Å². The Labute approximate surface area is 120 Å². The third-order valence-electron chi connectivity index (χ3n) is 2.79. The molecule has 2 amide bonds. The highest BCUT2D eigenvalue weighted by Gasteiger charge is 2.01. The van der Waals surface area contributed by atoms with Crippen LogP contribution in [0.25, 0.3) is 0 Å². The molecule has 0 fully saturated rings. The molecular formula is C15H24N2O3. The van der Waals surface area contributed by atoms with Gasteiger partial charge in [0.05, 0.1) is 6.54 Å². The maximum absolute atomic E-state index is 11.4. The van der Waals surface area contributed by atoms with Gasteiger partial charge in [-0.2, -0.15) is 0 Å². The first-order valence-electron chi connectivity index (χ1n) is 6.84. The smallest absolute Gasteiger partial charge is 0.314 e. The zero-order valence-corrected chi connectivity index (χ0v) is 12.5. The van der Waals surface area contributed by atoms with E-state index in [2.05, 4.69) is 16.7 Å². The molecule has 2 N–H and O–H groups in total. The first-order valence-corrected chi connectivity index (χ1v) is 6.84. The lowest BCUT2D eigenvalue weighted by Crippen LogP contribution is -2.38. The molecule has 0 bridgehead atoms. The van der Waals surface area contributed by atoms with E-state index in [0.717, 1.165) is 17.7 Å². The second-order valence-electron chi connectivity index (χ2n) is 4.65. The summed E-state index contributed by atoms with van der Waals surface area (Å²) in [7, 11) is 1.64. The molecule has 1 rings (SSSR count). The molecule has 0 aliphatic heterocycles. The lowest BCUT2D eigenvalue weighted by atomic mass is 10.1. The fourth-order valence-electron chi connectivity index (χ4n) is 1.77. The van der Waals surface area contributed by atoms with Crippen molar-refractivity contribution in [3.63, 3.8) is 0 Å². The molecule has 0 saturated carbocycles. The number of hydrogen-bond acceptors (Lipinski definition) is 3. The van der Waals surface area contributed by atoms with Gasteiger partial charge in [0, 0.05) is 20.3 Å². The quantitative estimate of drug-likeness (QED) is 0.716. The standard InChI is InChI=1S/C15H24N2O3/c1-12-5-6-14(13(2)11-12)20-10-8-17-15(18)16-7-4-9-19-3/h5-6,11H,4,7-10H2,1-3H3,(H2,16,17,18). The van der Waals surface area contributed by atoms with E-state index in [-0.39, 0.29) is 6.03 Å². The Morgan fingerprint density at radius 1 is 1.15 bits per heavy atom. The van der Waals surface area contributed by atoms with Crippen LogP contribution in [-0.2, 0) is 4.74 Å². The third-order valence-corrected chi connectivity index (χ3v) is 2.79. The molecule has 0 unspecified atom stereocenters. The van der Waals surface area contributed by atoms with E-state index in [1.165, 1.54) is 5.56 Å².